The molecule has 0 bridgehead atoms. The summed E-state index contributed by atoms with van der Waals surface area (Å²) in [7, 11) is -4.00. The Labute approximate surface area is 200 Å². The van der Waals surface area contributed by atoms with Crippen LogP contribution < -0.4 is 9.62 Å². The first-order valence-electron chi connectivity index (χ1n) is 10.6. The molecule has 7 heteroatoms. The van der Waals surface area contributed by atoms with Gasteiger partial charge in [0.05, 0.1) is 22.2 Å². The van der Waals surface area contributed by atoms with Crippen LogP contribution in [-0.2, 0) is 10.0 Å². The second-order valence-corrected chi connectivity index (χ2v) is 10.2. The molecule has 3 aromatic rings. The fraction of sp³-hybridized carbons (Fsp3) is 0.192. The Morgan fingerprint density at radius 1 is 1.09 bits per heavy atom. The predicted molar refractivity (Wildman–Crippen MR) is 136 cm³/mol. The zero-order valence-electron chi connectivity index (χ0n) is 18.9. The number of nitrogens with zero attached hydrogens (tertiary/aromatic N) is 1. The average Bonchev–Trinajstić information content (AvgIpc) is 2.79. The van der Waals surface area contributed by atoms with Crippen molar-refractivity contribution in [1.29, 1.82) is 0 Å². The molecule has 0 aliphatic rings. The molecule has 0 spiro atoms. The van der Waals surface area contributed by atoms with Crippen molar-refractivity contribution in [2.45, 2.75) is 31.6 Å². The van der Waals surface area contributed by atoms with Gasteiger partial charge in [0.1, 0.15) is 0 Å². The van der Waals surface area contributed by atoms with Crippen LogP contribution in [0.3, 0.4) is 0 Å². The van der Waals surface area contributed by atoms with Gasteiger partial charge >= 0.3 is 0 Å². The minimum atomic E-state index is -4.00. The van der Waals surface area contributed by atoms with Gasteiger partial charge in [0.25, 0.3) is 15.9 Å². The standard InChI is InChI=1S/C26H27ClN2O3S/c1-5-16-29(24-15-7-6-14-23(24)27)33(31,32)21-12-9-11-20(17-21)26(30)28-25-19(4)10-8-13-22(25)18(2)3/h5-15,17-18H,1,16H2,2-4H3,(H,28,30). The van der Waals surface area contributed by atoms with Crippen LogP contribution in [0.5, 0.6) is 0 Å². The van der Waals surface area contributed by atoms with E-state index in [1.165, 1.54) is 22.5 Å². The molecule has 0 radical (unpaired) electrons. The van der Waals surface area contributed by atoms with E-state index in [1.54, 1.807) is 36.4 Å². The SMILES string of the molecule is C=CCN(c1ccccc1Cl)S(=O)(=O)c1cccc(C(=O)Nc2c(C)cccc2C(C)C)c1. The first kappa shape index (κ1) is 24.6. The molecule has 0 fully saturated rings. The molecule has 0 unspecified atom stereocenters. The van der Waals surface area contributed by atoms with Crippen LogP contribution in [0.15, 0.2) is 84.3 Å². The molecule has 3 aromatic carbocycles. The van der Waals surface area contributed by atoms with Gasteiger partial charge in [-0.25, -0.2) is 8.42 Å². The van der Waals surface area contributed by atoms with Crippen molar-refractivity contribution in [3.63, 3.8) is 0 Å². The van der Waals surface area contributed by atoms with E-state index in [4.69, 9.17) is 11.6 Å². The van der Waals surface area contributed by atoms with Gasteiger partial charge in [0, 0.05) is 11.3 Å². The summed E-state index contributed by atoms with van der Waals surface area (Å²) in [5, 5.41) is 3.27. The lowest BCUT2D eigenvalue weighted by atomic mass is 9.98. The van der Waals surface area contributed by atoms with Crippen molar-refractivity contribution in [3.8, 4) is 0 Å². The van der Waals surface area contributed by atoms with Gasteiger partial charge in [-0.3, -0.25) is 9.10 Å². The summed E-state index contributed by atoms with van der Waals surface area (Å²) in [5.74, 6) is -0.161. The van der Waals surface area contributed by atoms with E-state index in [9.17, 15) is 13.2 Å². The third-order valence-corrected chi connectivity index (χ3v) is 7.36. The van der Waals surface area contributed by atoms with Gasteiger partial charge < -0.3 is 5.32 Å². The minimum absolute atomic E-state index is 0.00853. The number of rotatable bonds is 8. The number of carbonyl (C=O) groups is 1. The fourth-order valence-electron chi connectivity index (χ4n) is 3.55. The molecule has 172 valence electrons. The zero-order valence-corrected chi connectivity index (χ0v) is 20.5. The van der Waals surface area contributed by atoms with Gasteiger partial charge in [-0.05, 0) is 54.3 Å². The molecule has 33 heavy (non-hydrogen) atoms. The number of halogens is 1. The number of nitrogens with one attached hydrogen (secondary N) is 1. The molecular formula is C26H27ClN2O3S. The van der Waals surface area contributed by atoms with Gasteiger partial charge in [0.15, 0.2) is 0 Å². The topological polar surface area (TPSA) is 66.5 Å². The number of anilines is 2. The number of hydrogen-bond acceptors (Lipinski definition) is 3. The van der Waals surface area contributed by atoms with Gasteiger partial charge in [-0.2, -0.15) is 0 Å². The summed E-state index contributed by atoms with van der Waals surface area (Å²) >= 11 is 6.27. The smallest absolute Gasteiger partial charge is 0.264 e. The van der Waals surface area contributed by atoms with E-state index < -0.39 is 10.0 Å². The second-order valence-electron chi connectivity index (χ2n) is 7.95. The Morgan fingerprint density at radius 3 is 2.45 bits per heavy atom. The van der Waals surface area contributed by atoms with Gasteiger partial charge in [-0.15, -0.1) is 6.58 Å². The molecule has 1 N–H and O–H groups in total. The van der Waals surface area contributed by atoms with Crippen molar-refractivity contribution in [3.05, 3.63) is 101 Å². The molecule has 0 atom stereocenters. The summed E-state index contributed by atoms with van der Waals surface area (Å²) in [4.78, 5) is 13.1. The number of sulfonamides is 1. The van der Waals surface area contributed by atoms with Gasteiger partial charge in [-0.1, -0.05) is 67.9 Å². The molecule has 1 amide bonds. The number of carbonyl (C=O) groups excluding carboxylic acids is 1. The maximum absolute atomic E-state index is 13.5. The molecule has 0 heterocycles. The van der Waals surface area contributed by atoms with Crippen LogP contribution in [0.2, 0.25) is 5.02 Å². The third-order valence-electron chi connectivity index (χ3n) is 5.27. The van der Waals surface area contributed by atoms with Crippen molar-refractivity contribution in [2.24, 2.45) is 0 Å². The number of aryl methyl sites for hydroxylation is 1. The lowest BCUT2D eigenvalue weighted by Gasteiger charge is -2.24. The van der Waals surface area contributed by atoms with Crippen LogP contribution in [0, 0.1) is 6.92 Å². The molecule has 0 aliphatic heterocycles. The second kappa shape index (κ2) is 10.2. The highest BCUT2D eigenvalue weighted by Crippen LogP contribution is 2.31. The van der Waals surface area contributed by atoms with E-state index in [2.05, 4.69) is 25.7 Å². The summed E-state index contributed by atoms with van der Waals surface area (Å²) in [6, 6.07) is 18.6. The van der Waals surface area contributed by atoms with E-state index in [0.717, 1.165) is 16.8 Å². The number of para-hydroxylation sites is 2. The summed E-state index contributed by atoms with van der Waals surface area (Å²) < 4.78 is 28.2. The monoisotopic (exact) mass is 482 g/mol. The lowest BCUT2D eigenvalue weighted by molar-refractivity contribution is 0.102. The molecular weight excluding hydrogens is 456 g/mol. The largest absolute Gasteiger partial charge is 0.321 e. The number of hydrogen-bond donors (Lipinski definition) is 1. The molecule has 0 aliphatic carbocycles. The Kier molecular flexibility index (Phi) is 7.61. The van der Waals surface area contributed by atoms with Gasteiger partial charge in [0.2, 0.25) is 0 Å². The van der Waals surface area contributed by atoms with Crippen molar-refractivity contribution in [1.82, 2.24) is 0 Å². The quantitative estimate of drug-likeness (QED) is 0.377. The first-order chi connectivity index (χ1) is 15.7. The summed E-state index contributed by atoms with van der Waals surface area (Å²) in [6.45, 7) is 9.75. The highest BCUT2D eigenvalue weighted by atomic mass is 35.5. The van der Waals surface area contributed by atoms with Crippen LogP contribution in [0.25, 0.3) is 0 Å². The number of benzene rings is 3. The van der Waals surface area contributed by atoms with Crippen LogP contribution in [0.1, 0.15) is 41.3 Å². The predicted octanol–water partition coefficient (Wildman–Crippen LogP) is 6.41. The summed E-state index contributed by atoms with van der Waals surface area (Å²) in [5.41, 5.74) is 3.29. The normalized spacial score (nSPS) is 11.3. The fourth-order valence-corrected chi connectivity index (χ4v) is 5.34. The van der Waals surface area contributed by atoms with E-state index in [0.29, 0.717) is 10.7 Å². The minimum Gasteiger partial charge on any atom is -0.321 e. The zero-order chi connectivity index (χ0) is 24.2. The Balaban J connectivity index is 1.99. The average molecular weight is 483 g/mol. The lowest BCUT2D eigenvalue weighted by Crippen LogP contribution is -2.31. The highest BCUT2D eigenvalue weighted by molar-refractivity contribution is 7.92. The maximum Gasteiger partial charge on any atom is 0.264 e. The van der Waals surface area contributed by atoms with Crippen LogP contribution in [-0.4, -0.2) is 20.9 Å². The Bertz CT molecular complexity index is 1290. The maximum atomic E-state index is 13.5. The van der Waals surface area contributed by atoms with Crippen molar-refractivity contribution in [2.75, 3.05) is 16.2 Å². The molecule has 5 nitrogen and oxygen atoms in total. The van der Waals surface area contributed by atoms with Crippen LogP contribution in [0.4, 0.5) is 11.4 Å². The summed E-state index contributed by atoms with van der Waals surface area (Å²) in [6.07, 6.45) is 1.49. The van der Waals surface area contributed by atoms with E-state index in [-0.39, 0.29) is 28.8 Å². The Hall–Kier alpha value is -3.09. The molecule has 3 rings (SSSR count). The third kappa shape index (κ3) is 5.29. The molecule has 0 saturated carbocycles. The van der Waals surface area contributed by atoms with E-state index >= 15 is 0 Å². The Morgan fingerprint density at radius 2 is 1.79 bits per heavy atom. The van der Waals surface area contributed by atoms with Crippen molar-refractivity contribution < 1.29 is 13.2 Å². The van der Waals surface area contributed by atoms with Crippen LogP contribution >= 0.6 is 11.6 Å². The highest BCUT2D eigenvalue weighted by Gasteiger charge is 2.26. The van der Waals surface area contributed by atoms with E-state index in [1.807, 2.05) is 25.1 Å². The first-order valence-corrected chi connectivity index (χ1v) is 12.4. The van der Waals surface area contributed by atoms with Crippen molar-refractivity contribution >= 4 is 38.9 Å². The number of amides is 1. The molecule has 0 aromatic heterocycles. The molecule has 0 saturated heterocycles.